The minimum Gasteiger partial charge on any atom is -0.352 e. The fraction of sp³-hybridized carbons (Fsp3) is 0.312. The highest BCUT2D eigenvalue weighted by Crippen LogP contribution is 2.28. The molecule has 1 aromatic carbocycles. The molecule has 19 heavy (non-hydrogen) atoms. The number of benzene rings is 1. The van der Waals surface area contributed by atoms with E-state index in [4.69, 9.17) is 0 Å². The summed E-state index contributed by atoms with van der Waals surface area (Å²) in [5.74, 6) is 0.472. The Balaban J connectivity index is 1.72. The molecule has 0 radical (unpaired) electrons. The van der Waals surface area contributed by atoms with Gasteiger partial charge in [-0.3, -0.25) is 4.79 Å². The van der Waals surface area contributed by atoms with Gasteiger partial charge in [-0.15, -0.1) is 0 Å². The van der Waals surface area contributed by atoms with Gasteiger partial charge >= 0.3 is 0 Å². The average Bonchev–Trinajstić information content (AvgIpc) is 2.88. The Morgan fingerprint density at radius 3 is 2.79 bits per heavy atom. The molecule has 0 saturated heterocycles. The van der Waals surface area contributed by atoms with E-state index in [9.17, 15) is 4.79 Å². The van der Waals surface area contributed by atoms with E-state index in [-0.39, 0.29) is 11.8 Å². The van der Waals surface area contributed by atoms with E-state index in [1.54, 1.807) is 11.3 Å². The van der Waals surface area contributed by atoms with Crippen molar-refractivity contribution in [1.29, 1.82) is 0 Å². The third kappa shape index (κ3) is 2.71. The smallest absolute Gasteiger partial charge is 0.223 e. The van der Waals surface area contributed by atoms with Crippen LogP contribution in [0.2, 0.25) is 0 Å². The summed E-state index contributed by atoms with van der Waals surface area (Å²) in [5, 5.41) is 7.30. The van der Waals surface area contributed by atoms with Gasteiger partial charge in [-0.25, -0.2) is 0 Å². The van der Waals surface area contributed by atoms with Gasteiger partial charge in [0.15, 0.2) is 0 Å². The summed E-state index contributed by atoms with van der Waals surface area (Å²) in [6.07, 6.45) is 3.31. The zero-order valence-corrected chi connectivity index (χ0v) is 11.6. The van der Waals surface area contributed by atoms with Crippen LogP contribution in [0.5, 0.6) is 0 Å². The Morgan fingerprint density at radius 1 is 1.26 bits per heavy atom. The first-order valence-corrected chi connectivity index (χ1v) is 7.67. The number of rotatable bonds is 4. The molecule has 1 N–H and O–H groups in total. The molecular formula is C16H17NOS. The summed E-state index contributed by atoms with van der Waals surface area (Å²) in [5.41, 5.74) is 3.64. The lowest BCUT2D eigenvalue weighted by Gasteiger charge is -2.24. The lowest BCUT2D eigenvalue weighted by Crippen LogP contribution is -2.34. The molecule has 98 valence electrons. The van der Waals surface area contributed by atoms with Crippen LogP contribution in [0.15, 0.2) is 41.1 Å². The average molecular weight is 271 g/mol. The van der Waals surface area contributed by atoms with Crippen molar-refractivity contribution in [1.82, 2.24) is 5.32 Å². The van der Waals surface area contributed by atoms with Gasteiger partial charge in [0, 0.05) is 12.5 Å². The van der Waals surface area contributed by atoms with Crippen LogP contribution in [0.4, 0.5) is 0 Å². The van der Waals surface area contributed by atoms with Crippen molar-refractivity contribution in [2.75, 3.05) is 0 Å². The molecule has 1 fully saturated rings. The number of nitrogens with one attached hydrogen (secondary N) is 1. The van der Waals surface area contributed by atoms with E-state index in [1.807, 2.05) is 12.1 Å². The van der Waals surface area contributed by atoms with Gasteiger partial charge in [-0.2, -0.15) is 11.3 Å². The van der Waals surface area contributed by atoms with Crippen molar-refractivity contribution in [2.45, 2.75) is 25.8 Å². The second-order valence-electron chi connectivity index (χ2n) is 5.01. The van der Waals surface area contributed by atoms with Gasteiger partial charge in [-0.05, 0) is 46.4 Å². The lowest BCUT2D eigenvalue weighted by molar-refractivity contribution is -0.127. The molecule has 1 saturated carbocycles. The fourth-order valence-corrected chi connectivity index (χ4v) is 3.03. The Bertz CT molecular complexity index is 558. The maximum absolute atomic E-state index is 11.9. The topological polar surface area (TPSA) is 29.1 Å². The number of amides is 1. The number of carbonyl (C=O) groups is 1. The second kappa shape index (κ2) is 5.57. The summed E-state index contributed by atoms with van der Waals surface area (Å²) < 4.78 is 0. The van der Waals surface area contributed by atoms with Gasteiger partial charge in [0.05, 0.1) is 0 Å². The van der Waals surface area contributed by atoms with Crippen molar-refractivity contribution in [3.63, 3.8) is 0 Å². The van der Waals surface area contributed by atoms with E-state index >= 15 is 0 Å². The molecule has 0 unspecified atom stereocenters. The van der Waals surface area contributed by atoms with Crippen molar-refractivity contribution in [3.05, 3.63) is 46.7 Å². The molecule has 3 rings (SSSR count). The molecule has 0 spiro atoms. The summed E-state index contributed by atoms with van der Waals surface area (Å²) in [6.45, 7) is 0.626. The van der Waals surface area contributed by atoms with E-state index < -0.39 is 0 Å². The maximum Gasteiger partial charge on any atom is 0.223 e. The minimum absolute atomic E-state index is 0.214. The van der Waals surface area contributed by atoms with E-state index in [0.29, 0.717) is 6.54 Å². The largest absolute Gasteiger partial charge is 0.352 e. The van der Waals surface area contributed by atoms with Gasteiger partial charge in [-0.1, -0.05) is 30.7 Å². The van der Waals surface area contributed by atoms with Gasteiger partial charge in [0.25, 0.3) is 0 Å². The molecule has 1 amide bonds. The van der Waals surface area contributed by atoms with Crippen LogP contribution in [0.3, 0.4) is 0 Å². The molecule has 0 atom stereocenters. The van der Waals surface area contributed by atoms with Gasteiger partial charge in [0.1, 0.15) is 0 Å². The van der Waals surface area contributed by atoms with Crippen molar-refractivity contribution >= 4 is 17.2 Å². The normalized spacial score (nSPS) is 14.9. The molecule has 1 aliphatic rings. The molecule has 1 aromatic heterocycles. The SMILES string of the molecule is O=C(NCc1ccccc1-c1ccsc1)C1CCC1. The Morgan fingerprint density at radius 2 is 2.11 bits per heavy atom. The van der Waals surface area contributed by atoms with Crippen LogP contribution in [0.1, 0.15) is 24.8 Å². The standard InChI is InChI=1S/C16H17NOS/c18-16(12-5-3-6-12)17-10-13-4-1-2-7-15(13)14-8-9-19-11-14/h1-2,4,7-9,11-12H,3,5-6,10H2,(H,17,18). The van der Waals surface area contributed by atoms with Crippen molar-refractivity contribution in [2.24, 2.45) is 5.92 Å². The van der Waals surface area contributed by atoms with Gasteiger partial charge < -0.3 is 5.32 Å². The highest BCUT2D eigenvalue weighted by atomic mass is 32.1. The molecular weight excluding hydrogens is 254 g/mol. The zero-order chi connectivity index (χ0) is 13.1. The highest BCUT2D eigenvalue weighted by molar-refractivity contribution is 7.08. The van der Waals surface area contributed by atoms with Gasteiger partial charge in [0.2, 0.25) is 5.91 Å². The molecule has 0 aliphatic heterocycles. The molecule has 3 heteroatoms. The van der Waals surface area contributed by atoms with Crippen LogP contribution in [0, 0.1) is 5.92 Å². The van der Waals surface area contributed by atoms with Crippen LogP contribution in [0.25, 0.3) is 11.1 Å². The summed E-state index contributed by atoms with van der Waals surface area (Å²) >= 11 is 1.70. The summed E-state index contributed by atoms with van der Waals surface area (Å²) in [7, 11) is 0. The fourth-order valence-electron chi connectivity index (χ4n) is 2.37. The first kappa shape index (κ1) is 12.4. The molecule has 1 aliphatic carbocycles. The first-order valence-electron chi connectivity index (χ1n) is 6.73. The zero-order valence-electron chi connectivity index (χ0n) is 10.8. The van der Waals surface area contributed by atoms with E-state index in [0.717, 1.165) is 12.8 Å². The van der Waals surface area contributed by atoms with Crippen molar-refractivity contribution < 1.29 is 4.79 Å². The van der Waals surface area contributed by atoms with Crippen LogP contribution in [-0.2, 0) is 11.3 Å². The summed E-state index contributed by atoms with van der Waals surface area (Å²) in [6, 6.07) is 10.4. The highest BCUT2D eigenvalue weighted by Gasteiger charge is 2.24. The quantitative estimate of drug-likeness (QED) is 0.899. The predicted octanol–water partition coefficient (Wildman–Crippen LogP) is 3.83. The minimum atomic E-state index is 0.214. The van der Waals surface area contributed by atoms with Crippen molar-refractivity contribution in [3.8, 4) is 11.1 Å². The molecule has 2 aromatic rings. The third-order valence-electron chi connectivity index (χ3n) is 3.78. The van der Waals surface area contributed by atoms with E-state index in [2.05, 4.69) is 34.3 Å². The molecule has 0 bridgehead atoms. The number of hydrogen-bond acceptors (Lipinski definition) is 2. The van der Waals surface area contributed by atoms with Crippen LogP contribution in [-0.4, -0.2) is 5.91 Å². The second-order valence-corrected chi connectivity index (χ2v) is 5.79. The monoisotopic (exact) mass is 271 g/mol. The van der Waals surface area contributed by atoms with Crippen LogP contribution < -0.4 is 5.32 Å². The maximum atomic E-state index is 11.9. The molecule has 1 heterocycles. The third-order valence-corrected chi connectivity index (χ3v) is 4.46. The Hall–Kier alpha value is -1.61. The molecule has 2 nitrogen and oxygen atoms in total. The number of carbonyl (C=O) groups excluding carboxylic acids is 1. The lowest BCUT2D eigenvalue weighted by atomic mass is 9.85. The van der Waals surface area contributed by atoms with Crippen LogP contribution >= 0.6 is 11.3 Å². The summed E-state index contributed by atoms with van der Waals surface area (Å²) in [4.78, 5) is 11.9. The first-order chi connectivity index (χ1) is 9.34. The number of hydrogen-bond donors (Lipinski definition) is 1. The number of thiophene rings is 1. The van der Waals surface area contributed by atoms with E-state index in [1.165, 1.54) is 23.1 Å². The Kier molecular flexibility index (Phi) is 3.65. The predicted molar refractivity (Wildman–Crippen MR) is 78.9 cm³/mol. The Labute approximate surface area is 117 Å².